The third kappa shape index (κ3) is 3.55. The number of carbonyl (C=O) groups is 3. The summed E-state index contributed by atoms with van der Waals surface area (Å²) in [7, 11) is 3.42. The highest BCUT2D eigenvalue weighted by molar-refractivity contribution is 5.85. The Labute approximate surface area is 148 Å². The van der Waals surface area contributed by atoms with Crippen molar-refractivity contribution >= 4 is 18.3 Å². The van der Waals surface area contributed by atoms with Crippen molar-refractivity contribution in [1.82, 2.24) is 15.1 Å². The Morgan fingerprint density at radius 3 is 2.64 bits per heavy atom. The van der Waals surface area contributed by atoms with E-state index in [1.54, 1.807) is 24.0 Å². The number of amides is 4. The van der Waals surface area contributed by atoms with Crippen LogP contribution >= 0.6 is 0 Å². The molecule has 25 heavy (non-hydrogen) atoms. The molecule has 1 N–H and O–H groups in total. The van der Waals surface area contributed by atoms with Gasteiger partial charge in [-0.25, -0.2) is 4.79 Å². The van der Waals surface area contributed by atoms with Gasteiger partial charge in [0.1, 0.15) is 11.8 Å². The summed E-state index contributed by atoms with van der Waals surface area (Å²) in [6.45, 7) is 6.12. The summed E-state index contributed by atoms with van der Waals surface area (Å²) in [6.07, 6.45) is 5.14. The van der Waals surface area contributed by atoms with E-state index >= 15 is 0 Å². The van der Waals surface area contributed by atoms with Gasteiger partial charge in [-0.15, -0.1) is 0 Å². The molecule has 1 fully saturated rings. The topological polar surface area (TPSA) is 79.0 Å². The Hall–Kier alpha value is -2.31. The summed E-state index contributed by atoms with van der Waals surface area (Å²) in [5.74, 6) is 0.790. The number of allylic oxidation sites excluding steroid dienone is 2. The summed E-state index contributed by atoms with van der Waals surface area (Å²) in [6, 6.07) is -0.501. The molecule has 0 bridgehead atoms. The molecule has 4 amide bonds. The normalized spacial score (nSPS) is 23.8. The van der Waals surface area contributed by atoms with Crippen LogP contribution in [0.5, 0.6) is 0 Å². The number of methoxy groups -OCH3 is 1. The van der Waals surface area contributed by atoms with Crippen LogP contribution in [0.1, 0.15) is 33.6 Å². The lowest BCUT2D eigenvalue weighted by molar-refractivity contribution is -0.125. The molecule has 7 heteroatoms. The smallest absolute Gasteiger partial charge is 0.321 e. The lowest BCUT2D eigenvalue weighted by Crippen LogP contribution is -2.43. The van der Waals surface area contributed by atoms with Crippen molar-refractivity contribution in [3.63, 3.8) is 0 Å². The summed E-state index contributed by atoms with van der Waals surface area (Å²) < 4.78 is 5.66. The summed E-state index contributed by atoms with van der Waals surface area (Å²) in [4.78, 5) is 38.1. The lowest BCUT2D eigenvalue weighted by Gasteiger charge is -2.33. The number of hydrogen-bond acceptors (Lipinski definition) is 4. The van der Waals surface area contributed by atoms with Crippen LogP contribution in [-0.2, 0) is 14.3 Å². The second-order valence-corrected chi connectivity index (χ2v) is 6.85. The van der Waals surface area contributed by atoms with Gasteiger partial charge in [0.05, 0.1) is 13.2 Å². The van der Waals surface area contributed by atoms with Gasteiger partial charge in [-0.05, 0) is 24.8 Å². The molecule has 1 aliphatic carbocycles. The van der Waals surface area contributed by atoms with Crippen LogP contribution in [0.3, 0.4) is 0 Å². The number of hydrogen-bond donors (Lipinski definition) is 1. The highest BCUT2D eigenvalue weighted by Gasteiger charge is 2.48. The van der Waals surface area contributed by atoms with Gasteiger partial charge in [-0.2, -0.15) is 0 Å². The van der Waals surface area contributed by atoms with E-state index in [2.05, 4.69) is 19.2 Å². The maximum absolute atomic E-state index is 12.8. The molecule has 0 aromatic rings. The number of rotatable bonds is 7. The van der Waals surface area contributed by atoms with E-state index in [-0.39, 0.29) is 36.5 Å². The van der Waals surface area contributed by atoms with Gasteiger partial charge in [-0.1, -0.05) is 26.0 Å². The fourth-order valence-corrected chi connectivity index (χ4v) is 3.61. The second kappa shape index (κ2) is 7.72. The molecule has 3 unspecified atom stereocenters. The predicted molar refractivity (Wildman–Crippen MR) is 93.5 cm³/mol. The van der Waals surface area contributed by atoms with Gasteiger partial charge in [0, 0.05) is 19.5 Å². The maximum atomic E-state index is 12.8. The first-order valence-electron chi connectivity index (χ1n) is 8.57. The fraction of sp³-hybridized carbons (Fsp3) is 0.611. The van der Waals surface area contributed by atoms with Gasteiger partial charge in [0.15, 0.2) is 0 Å². The van der Waals surface area contributed by atoms with Gasteiger partial charge in [-0.3, -0.25) is 14.9 Å². The molecule has 138 valence electrons. The first kappa shape index (κ1) is 19.0. The van der Waals surface area contributed by atoms with E-state index in [4.69, 9.17) is 4.74 Å². The third-order valence-electron chi connectivity index (χ3n) is 4.94. The van der Waals surface area contributed by atoms with E-state index in [0.29, 0.717) is 18.7 Å². The van der Waals surface area contributed by atoms with Crippen LogP contribution in [0.2, 0.25) is 0 Å². The first-order chi connectivity index (χ1) is 11.8. The van der Waals surface area contributed by atoms with Crippen molar-refractivity contribution in [2.24, 2.45) is 5.92 Å². The van der Waals surface area contributed by atoms with E-state index in [1.807, 2.05) is 19.1 Å². The number of nitrogens with zero attached hydrogens (tertiary/aromatic N) is 2. The summed E-state index contributed by atoms with van der Waals surface area (Å²) in [5, 5.41) is 2.13. The Morgan fingerprint density at radius 1 is 1.40 bits per heavy atom. The quantitative estimate of drug-likeness (QED) is 0.709. The van der Waals surface area contributed by atoms with E-state index in [0.717, 1.165) is 11.3 Å². The molecule has 0 spiro atoms. The Bertz CT molecular complexity index is 611. The van der Waals surface area contributed by atoms with Crippen molar-refractivity contribution in [3.8, 4) is 0 Å². The van der Waals surface area contributed by atoms with Gasteiger partial charge < -0.3 is 14.5 Å². The molecular formula is C18H27N3O4. The minimum Gasteiger partial charge on any atom is -0.499 e. The van der Waals surface area contributed by atoms with Crippen molar-refractivity contribution in [2.45, 2.75) is 51.7 Å². The Morgan fingerprint density at radius 2 is 2.08 bits per heavy atom. The van der Waals surface area contributed by atoms with Crippen molar-refractivity contribution < 1.29 is 19.1 Å². The van der Waals surface area contributed by atoms with E-state index < -0.39 is 0 Å². The average Bonchev–Trinajstić information content (AvgIpc) is 2.83. The molecule has 2 aliphatic rings. The molecule has 1 aliphatic heterocycles. The first-order valence-corrected chi connectivity index (χ1v) is 8.57. The molecule has 0 aromatic heterocycles. The number of carbonyl (C=O) groups excluding carboxylic acids is 3. The number of likely N-dealkylation sites (N-methyl/N-ethyl adjacent to an activating group) is 1. The fourth-order valence-electron chi connectivity index (χ4n) is 3.61. The largest absolute Gasteiger partial charge is 0.499 e. The van der Waals surface area contributed by atoms with Crippen LogP contribution < -0.4 is 5.32 Å². The zero-order chi connectivity index (χ0) is 18.7. The SMILES string of the molecule is COC1=C(C(C)C)C=CC2C1N(C)C(=O)N2C(C)CCC(=O)NC=O. The van der Waals surface area contributed by atoms with E-state index in [1.165, 1.54) is 0 Å². The molecule has 3 atom stereocenters. The maximum Gasteiger partial charge on any atom is 0.321 e. The number of urea groups is 1. The summed E-state index contributed by atoms with van der Waals surface area (Å²) in [5.41, 5.74) is 1.10. The van der Waals surface area contributed by atoms with Gasteiger partial charge in [0.25, 0.3) is 0 Å². The van der Waals surface area contributed by atoms with Crippen LogP contribution in [-0.4, -0.2) is 60.4 Å². The molecule has 1 heterocycles. The molecule has 0 aromatic carbocycles. The van der Waals surface area contributed by atoms with Crippen LogP contribution in [0.25, 0.3) is 0 Å². The zero-order valence-electron chi connectivity index (χ0n) is 15.5. The van der Waals surface area contributed by atoms with Crippen molar-refractivity contribution in [1.29, 1.82) is 0 Å². The zero-order valence-corrected chi connectivity index (χ0v) is 15.5. The standard InChI is InChI=1S/C18H27N3O4/c1-11(2)13-7-8-14-16(17(13)25-5)20(4)18(24)21(14)12(3)6-9-15(23)19-10-22/h7-8,10-12,14,16H,6,9H2,1-5H3,(H,19,22,23). The predicted octanol–water partition coefficient (Wildman–Crippen LogP) is 1.66. The minimum atomic E-state index is -0.336. The van der Waals surface area contributed by atoms with Gasteiger partial charge >= 0.3 is 6.03 Å². The molecule has 7 nitrogen and oxygen atoms in total. The van der Waals surface area contributed by atoms with E-state index in [9.17, 15) is 14.4 Å². The molecule has 0 radical (unpaired) electrons. The monoisotopic (exact) mass is 349 g/mol. The van der Waals surface area contributed by atoms with Gasteiger partial charge in [0.2, 0.25) is 12.3 Å². The Balaban J connectivity index is 2.21. The molecule has 1 saturated heterocycles. The van der Waals surface area contributed by atoms with Crippen molar-refractivity contribution in [3.05, 3.63) is 23.5 Å². The molecule has 0 saturated carbocycles. The molecular weight excluding hydrogens is 322 g/mol. The summed E-state index contributed by atoms with van der Waals surface area (Å²) >= 11 is 0. The average molecular weight is 349 g/mol. The lowest BCUT2D eigenvalue weighted by atomic mass is 9.89. The molecule has 2 rings (SSSR count). The number of imide groups is 1. The third-order valence-corrected chi connectivity index (χ3v) is 4.94. The van der Waals surface area contributed by atoms with Crippen LogP contribution in [0, 0.1) is 5.92 Å². The minimum absolute atomic E-state index is 0.0810. The van der Waals surface area contributed by atoms with Crippen molar-refractivity contribution in [2.75, 3.05) is 14.2 Å². The number of fused-ring (bicyclic) bond motifs is 1. The second-order valence-electron chi connectivity index (χ2n) is 6.85. The van der Waals surface area contributed by atoms with Crippen LogP contribution in [0.4, 0.5) is 4.79 Å². The number of ether oxygens (including phenoxy) is 1. The number of nitrogens with one attached hydrogen (secondary N) is 1. The Kier molecular flexibility index (Phi) is 5.87. The highest BCUT2D eigenvalue weighted by Crippen LogP contribution is 2.37. The highest BCUT2D eigenvalue weighted by atomic mass is 16.5. The van der Waals surface area contributed by atoms with Crippen LogP contribution in [0.15, 0.2) is 23.5 Å².